The lowest BCUT2D eigenvalue weighted by atomic mass is 9.88. The van der Waals surface area contributed by atoms with Gasteiger partial charge in [-0.05, 0) is 49.6 Å². The SMILES string of the molecule is CC(C)NC(=O)CN1C(=O)CSC(c2cccs2)c2c(C(C)(C)C)nn(-c3ccc(F)cc3)c21. The van der Waals surface area contributed by atoms with Crippen LogP contribution in [0.25, 0.3) is 5.69 Å². The second-order valence-electron chi connectivity index (χ2n) is 9.63. The van der Waals surface area contributed by atoms with Crippen LogP contribution in [0.15, 0.2) is 41.8 Å². The molecule has 6 nitrogen and oxygen atoms in total. The summed E-state index contributed by atoms with van der Waals surface area (Å²) >= 11 is 3.19. The summed E-state index contributed by atoms with van der Waals surface area (Å²) in [6.07, 6.45) is 0. The average molecular weight is 501 g/mol. The van der Waals surface area contributed by atoms with Crippen LogP contribution in [0.5, 0.6) is 0 Å². The molecule has 0 spiro atoms. The molecule has 0 bridgehead atoms. The number of amides is 2. The number of aromatic nitrogens is 2. The minimum atomic E-state index is -0.352. The zero-order valence-electron chi connectivity index (χ0n) is 20.0. The highest BCUT2D eigenvalue weighted by molar-refractivity contribution is 8.00. The maximum absolute atomic E-state index is 13.7. The van der Waals surface area contributed by atoms with E-state index in [-0.39, 0.29) is 46.6 Å². The first-order valence-electron chi connectivity index (χ1n) is 11.2. The zero-order chi connectivity index (χ0) is 24.6. The van der Waals surface area contributed by atoms with Crippen LogP contribution in [0.4, 0.5) is 10.2 Å². The summed E-state index contributed by atoms with van der Waals surface area (Å²) in [5.41, 5.74) is 2.08. The standard InChI is InChI=1S/C25H29FN4O2S2/c1-15(2)27-19(31)13-29-20(32)14-34-22(18-7-6-12-33-18)21-23(25(3,4)5)28-30(24(21)29)17-10-8-16(26)9-11-17/h6-12,15,22H,13-14H2,1-5H3,(H,27,31). The van der Waals surface area contributed by atoms with Gasteiger partial charge in [-0.15, -0.1) is 23.1 Å². The third kappa shape index (κ3) is 4.90. The number of halogens is 1. The third-order valence-corrected chi connectivity index (χ3v) is 7.75. The van der Waals surface area contributed by atoms with E-state index >= 15 is 0 Å². The van der Waals surface area contributed by atoms with Gasteiger partial charge in [0.15, 0.2) is 0 Å². The molecule has 9 heteroatoms. The summed E-state index contributed by atoms with van der Waals surface area (Å²) in [6.45, 7) is 9.92. The van der Waals surface area contributed by atoms with E-state index in [1.54, 1.807) is 44.8 Å². The van der Waals surface area contributed by atoms with Crippen LogP contribution < -0.4 is 10.2 Å². The molecule has 3 heterocycles. The molecule has 0 saturated heterocycles. The Hall–Kier alpha value is -2.65. The highest BCUT2D eigenvalue weighted by atomic mass is 32.2. The van der Waals surface area contributed by atoms with E-state index in [2.05, 4.69) is 32.2 Å². The van der Waals surface area contributed by atoms with E-state index in [9.17, 15) is 14.0 Å². The number of nitrogens with one attached hydrogen (secondary N) is 1. The molecule has 1 aliphatic heterocycles. The van der Waals surface area contributed by atoms with Gasteiger partial charge in [-0.25, -0.2) is 9.07 Å². The van der Waals surface area contributed by atoms with Crippen LogP contribution >= 0.6 is 23.1 Å². The fourth-order valence-electron chi connectivity index (χ4n) is 4.01. The van der Waals surface area contributed by atoms with E-state index in [1.165, 1.54) is 12.1 Å². The van der Waals surface area contributed by atoms with Gasteiger partial charge in [0.25, 0.3) is 0 Å². The van der Waals surface area contributed by atoms with Crippen molar-refractivity contribution in [1.82, 2.24) is 15.1 Å². The Morgan fingerprint density at radius 2 is 1.94 bits per heavy atom. The van der Waals surface area contributed by atoms with Crippen LogP contribution in [0.3, 0.4) is 0 Å². The minimum absolute atomic E-state index is 0.0468. The number of carbonyl (C=O) groups is 2. The largest absolute Gasteiger partial charge is 0.352 e. The molecule has 4 rings (SSSR count). The maximum Gasteiger partial charge on any atom is 0.240 e. The summed E-state index contributed by atoms with van der Waals surface area (Å²) in [7, 11) is 0. The van der Waals surface area contributed by atoms with Gasteiger partial charge in [-0.2, -0.15) is 5.10 Å². The molecular formula is C25H29FN4O2S2. The van der Waals surface area contributed by atoms with Crippen molar-refractivity contribution < 1.29 is 14.0 Å². The van der Waals surface area contributed by atoms with Gasteiger partial charge >= 0.3 is 0 Å². The van der Waals surface area contributed by atoms with Crippen molar-refractivity contribution in [2.24, 2.45) is 0 Å². The van der Waals surface area contributed by atoms with Crippen LogP contribution in [0, 0.1) is 5.82 Å². The second-order valence-corrected chi connectivity index (χ2v) is 11.7. The maximum atomic E-state index is 13.7. The number of thiophene rings is 1. The highest BCUT2D eigenvalue weighted by Gasteiger charge is 2.40. The van der Waals surface area contributed by atoms with Gasteiger partial charge < -0.3 is 5.32 Å². The molecule has 34 heavy (non-hydrogen) atoms. The predicted octanol–water partition coefficient (Wildman–Crippen LogP) is 5.06. The van der Waals surface area contributed by atoms with Crippen LogP contribution in [-0.4, -0.2) is 39.9 Å². The van der Waals surface area contributed by atoms with Crippen LogP contribution in [0.2, 0.25) is 0 Å². The number of nitrogens with zero attached hydrogens (tertiary/aromatic N) is 3. The molecule has 180 valence electrons. The second kappa shape index (κ2) is 9.54. The van der Waals surface area contributed by atoms with Gasteiger partial charge in [-0.1, -0.05) is 26.8 Å². The fourth-order valence-corrected chi connectivity index (χ4v) is 6.19. The lowest BCUT2D eigenvalue weighted by molar-refractivity contribution is -0.123. The Labute approximate surface area is 207 Å². The molecule has 1 unspecified atom stereocenters. The molecule has 0 radical (unpaired) electrons. The molecule has 1 aliphatic rings. The van der Waals surface area contributed by atoms with E-state index in [0.29, 0.717) is 11.5 Å². The average Bonchev–Trinajstić information content (AvgIpc) is 3.38. The van der Waals surface area contributed by atoms with Crippen molar-refractivity contribution in [2.45, 2.75) is 51.3 Å². The number of fused-ring (bicyclic) bond motifs is 1. The first-order chi connectivity index (χ1) is 16.1. The highest BCUT2D eigenvalue weighted by Crippen LogP contribution is 2.49. The number of rotatable bonds is 5. The minimum Gasteiger partial charge on any atom is -0.352 e. The number of carbonyl (C=O) groups excluding carboxylic acids is 2. The molecule has 0 saturated carbocycles. The van der Waals surface area contributed by atoms with Crippen molar-refractivity contribution in [3.63, 3.8) is 0 Å². The summed E-state index contributed by atoms with van der Waals surface area (Å²) in [6, 6.07) is 10.1. The fraction of sp³-hybridized carbons (Fsp3) is 0.400. The Morgan fingerprint density at radius 1 is 1.24 bits per heavy atom. The number of hydrogen-bond acceptors (Lipinski definition) is 5. The van der Waals surface area contributed by atoms with Gasteiger partial charge in [0.05, 0.1) is 22.4 Å². The molecule has 1 aromatic carbocycles. The van der Waals surface area contributed by atoms with Crippen molar-refractivity contribution in [3.8, 4) is 5.69 Å². The van der Waals surface area contributed by atoms with E-state index < -0.39 is 0 Å². The van der Waals surface area contributed by atoms with Gasteiger partial charge in [0.2, 0.25) is 11.8 Å². The summed E-state index contributed by atoms with van der Waals surface area (Å²) < 4.78 is 15.4. The monoisotopic (exact) mass is 500 g/mol. The number of thioether (sulfide) groups is 1. The summed E-state index contributed by atoms with van der Waals surface area (Å²) in [4.78, 5) is 28.9. The van der Waals surface area contributed by atoms with Crippen molar-refractivity contribution in [1.29, 1.82) is 0 Å². The Bertz CT molecular complexity index is 1180. The molecule has 1 N–H and O–H groups in total. The molecule has 2 aromatic heterocycles. The van der Waals surface area contributed by atoms with Crippen LogP contribution in [0.1, 0.15) is 56.0 Å². The van der Waals surface area contributed by atoms with Gasteiger partial charge in [-0.3, -0.25) is 14.5 Å². The summed E-state index contributed by atoms with van der Waals surface area (Å²) in [5, 5.41) is 9.78. The number of benzene rings is 1. The van der Waals surface area contributed by atoms with E-state index in [0.717, 1.165) is 16.1 Å². The normalized spacial score (nSPS) is 16.5. The number of hydrogen-bond donors (Lipinski definition) is 1. The summed E-state index contributed by atoms with van der Waals surface area (Å²) in [5.74, 6) is 0.0586. The molecule has 2 amide bonds. The lowest BCUT2D eigenvalue weighted by Gasteiger charge is -2.24. The molecule has 0 aliphatic carbocycles. The quantitative estimate of drug-likeness (QED) is 0.532. The van der Waals surface area contributed by atoms with E-state index in [4.69, 9.17) is 5.10 Å². The molecule has 3 aromatic rings. The van der Waals surface area contributed by atoms with Gasteiger partial charge in [0.1, 0.15) is 18.2 Å². The van der Waals surface area contributed by atoms with E-state index in [1.807, 2.05) is 25.3 Å². The first kappa shape index (κ1) is 24.5. The Kier molecular flexibility index (Phi) is 6.87. The van der Waals surface area contributed by atoms with Crippen LogP contribution in [-0.2, 0) is 15.0 Å². The zero-order valence-corrected chi connectivity index (χ0v) is 21.6. The third-order valence-electron chi connectivity index (χ3n) is 5.42. The molecular weight excluding hydrogens is 471 g/mol. The first-order valence-corrected chi connectivity index (χ1v) is 13.1. The molecule has 0 fully saturated rings. The Morgan fingerprint density at radius 3 is 2.53 bits per heavy atom. The van der Waals surface area contributed by atoms with Gasteiger partial charge in [0, 0.05) is 21.9 Å². The van der Waals surface area contributed by atoms with Crippen molar-refractivity contribution in [2.75, 3.05) is 17.2 Å². The Balaban J connectivity index is 1.98. The lowest BCUT2D eigenvalue weighted by Crippen LogP contribution is -2.44. The van der Waals surface area contributed by atoms with Crippen molar-refractivity contribution in [3.05, 3.63) is 63.7 Å². The molecule has 1 atom stereocenters. The predicted molar refractivity (Wildman–Crippen MR) is 136 cm³/mol. The number of anilines is 1. The van der Waals surface area contributed by atoms with Crippen molar-refractivity contribution >= 4 is 40.7 Å². The topological polar surface area (TPSA) is 67.2 Å². The smallest absolute Gasteiger partial charge is 0.240 e.